The highest BCUT2D eigenvalue weighted by atomic mass is 28.4. The number of aromatic nitrogens is 2. The van der Waals surface area contributed by atoms with E-state index in [1.54, 1.807) is 4.90 Å². The lowest BCUT2D eigenvalue weighted by Gasteiger charge is -2.36. The van der Waals surface area contributed by atoms with Crippen LogP contribution in [0.15, 0.2) is 23.2 Å². The number of hydrogen-bond donors (Lipinski definition) is 1. The summed E-state index contributed by atoms with van der Waals surface area (Å²) in [5.74, 6) is 1.64. The molecule has 0 spiro atoms. The Morgan fingerprint density at radius 3 is 2.53 bits per heavy atom. The Labute approximate surface area is 227 Å². The van der Waals surface area contributed by atoms with E-state index in [2.05, 4.69) is 57.4 Å². The highest BCUT2D eigenvalue weighted by molar-refractivity contribution is 6.74. The zero-order valence-corrected chi connectivity index (χ0v) is 25.1. The van der Waals surface area contributed by atoms with Crippen LogP contribution in [0.4, 0.5) is 4.79 Å². The minimum Gasteiger partial charge on any atom is -0.543 e. The minimum absolute atomic E-state index is 0.0321. The molecule has 1 aromatic heterocycles. The molecule has 10 heteroatoms. The Morgan fingerprint density at radius 1 is 1.13 bits per heavy atom. The second-order valence-electron chi connectivity index (χ2n) is 13.3. The number of amides is 1. The van der Waals surface area contributed by atoms with Gasteiger partial charge in [0, 0.05) is 25.1 Å². The van der Waals surface area contributed by atoms with Crippen LogP contribution < -0.4 is 9.74 Å². The van der Waals surface area contributed by atoms with Crippen LogP contribution in [0.2, 0.25) is 18.1 Å². The lowest BCUT2D eigenvalue weighted by molar-refractivity contribution is -0.0367. The number of ether oxygens (including phenoxy) is 2. The predicted molar refractivity (Wildman–Crippen MR) is 151 cm³/mol. The van der Waals surface area contributed by atoms with Crippen LogP contribution in [-0.4, -0.2) is 72.3 Å². The van der Waals surface area contributed by atoms with Crippen LogP contribution in [-0.2, 0) is 9.47 Å². The Bertz CT molecular complexity index is 1240. The van der Waals surface area contributed by atoms with Gasteiger partial charge in [-0.05, 0) is 76.4 Å². The van der Waals surface area contributed by atoms with Crippen LogP contribution in [0.5, 0.6) is 5.75 Å². The summed E-state index contributed by atoms with van der Waals surface area (Å²) in [7, 11) is -2.01. The number of aliphatic imine (C=N–C) groups is 1. The molecule has 1 amide bonds. The van der Waals surface area contributed by atoms with Crippen LogP contribution in [0.1, 0.15) is 72.7 Å². The molecule has 208 valence electrons. The summed E-state index contributed by atoms with van der Waals surface area (Å²) < 4.78 is 20.4. The van der Waals surface area contributed by atoms with Crippen molar-refractivity contribution in [2.24, 2.45) is 4.99 Å². The van der Waals surface area contributed by atoms with Gasteiger partial charge in [-0.15, -0.1) is 0 Å². The van der Waals surface area contributed by atoms with Gasteiger partial charge in [-0.3, -0.25) is 4.99 Å². The average molecular weight is 542 g/mol. The van der Waals surface area contributed by atoms with Gasteiger partial charge in [-0.25, -0.2) is 9.48 Å². The molecule has 2 fully saturated rings. The highest BCUT2D eigenvalue weighted by Crippen LogP contribution is 2.39. The quantitative estimate of drug-likeness (QED) is 0.517. The van der Waals surface area contributed by atoms with Crippen LogP contribution in [0, 0.1) is 0 Å². The third kappa shape index (κ3) is 5.29. The number of carbonyl (C=O) groups is 1. The second kappa shape index (κ2) is 9.55. The van der Waals surface area contributed by atoms with Crippen LogP contribution in [0.3, 0.4) is 0 Å². The van der Waals surface area contributed by atoms with Crippen molar-refractivity contribution in [3.63, 3.8) is 0 Å². The number of nitrogens with one attached hydrogen (secondary N) is 1. The molecule has 0 radical (unpaired) electrons. The van der Waals surface area contributed by atoms with Crippen LogP contribution in [0.25, 0.3) is 10.9 Å². The molecule has 5 rings (SSSR count). The van der Waals surface area contributed by atoms with Gasteiger partial charge in [-0.2, -0.15) is 5.10 Å². The summed E-state index contributed by atoms with van der Waals surface area (Å²) in [5.41, 5.74) is 1.31. The molecule has 38 heavy (non-hydrogen) atoms. The van der Waals surface area contributed by atoms with Crippen molar-refractivity contribution < 1.29 is 18.7 Å². The van der Waals surface area contributed by atoms with Gasteiger partial charge in [0.15, 0.2) is 12.1 Å². The summed E-state index contributed by atoms with van der Waals surface area (Å²) in [6, 6.07) is 6.28. The molecule has 2 saturated heterocycles. The van der Waals surface area contributed by atoms with Crippen molar-refractivity contribution in [2.45, 2.75) is 103 Å². The summed E-state index contributed by atoms with van der Waals surface area (Å²) in [5, 5.41) is 9.73. The Hall–Kier alpha value is -2.59. The lowest BCUT2D eigenvalue weighted by Crippen LogP contribution is -2.43. The first kappa shape index (κ1) is 27.0. The molecule has 2 aromatic rings. The monoisotopic (exact) mass is 541 g/mol. The van der Waals surface area contributed by atoms with Gasteiger partial charge in [0.1, 0.15) is 17.0 Å². The molecular weight excluding hydrogens is 498 g/mol. The van der Waals surface area contributed by atoms with E-state index in [0.717, 1.165) is 54.1 Å². The van der Waals surface area contributed by atoms with E-state index in [9.17, 15) is 4.79 Å². The van der Waals surface area contributed by atoms with Gasteiger partial charge in [0.2, 0.25) is 8.32 Å². The number of fused-ring (bicyclic) bond motifs is 2. The fraction of sp³-hybridized carbons (Fsp3) is 0.679. The predicted octanol–water partition coefficient (Wildman–Crippen LogP) is 5.46. The smallest absolute Gasteiger partial charge is 0.410 e. The van der Waals surface area contributed by atoms with E-state index in [4.69, 9.17) is 24.0 Å². The van der Waals surface area contributed by atoms with Crippen molar-refractivity contribution in [3.05, 3.63) is 23.9 Å². The third-order valence-electron chi connectivity index (χ3n) is 8.07. The molecule has 4 heterocycles. The first-order valence-electron chi connectivity index (χ1n) is 13.9. The first-order valence-corrected chi connectivity index (χ1v) is 16.8. The van der Waals surface area contributed by atoms with Crippen molar-refractivity contribution in [3.8, 4) is 5.75 Å². The summed E-state index contributed by atoms with van der Waals surface area (Å²) in [4.78, 5) is 19.4. The molecule has 3 aliphatic rings. The van der Waals surface area contributed by atoms with Crippen molar-refractivity contribution in [1.82, 2.24) is 20.0 Å². The van der Waals surface area contributed by atoms with Crippen molar-refractivity contribution >= 4 is 31.1 Å². The minimum atomic E-state index is -2.01. The van der Waals surface area contributed by atoms with E-state index in [0.29, 0.717) is 13.1 Å². The number of likely N-dealkylation sites (tertiary alicyclic amines) is 1. The lowest BCUT2D eigenvalue weighted by atomic mass is 10.1. The molecule has 0 bridgehead atoms. The number of hydrogen-bond acceptors (Lipinski definition) is 7. The van der Waals surface area contributed by atoms with E-state index in [-0.39, 0.29) is 29.4 Å². The number of carbonyl (C=O) groups excluding carboxylic acids is 1. The maximum absolute atomic E-state index is 12.6. The average Bonchev–Trinajstić information content (AvgIpc) is 3.48. The van der Waals surface area contributed by atoms with E-state index in [1.807, 2.05) is 25.5 Å². The Morgan fingerprint density at radius 2 is 1.89 bits per heavy atom. The molecular formula is C28H43N5O4Si. The zero-order valence-electron chi connectivity index (χ0n) is 24.1. The van der Waals surface area contributed by atoms with Gasteiger partial charge in [0.25, 0.3) is 0 Å². The standard InChI is InChI=1S/C28H43N5O4Si/c1-27(2,3)36-26(34)32-16-20-21(17-32)30-25(29-20)24-19-15-18(37-38(7,8)28(4,5)6)12-13-22(19)33(31-24)23-11-9-10-14-35-23/h12-13,15,20-21,23H,9-11,14,16-17H2,1-8H3,(H,29,30). The number of benzene rings is 1. The number of nitrogens with zero attached hydrogens (tertiary/aromatic N) is 4. The fourth-order valence-electron chi connectivity index (χ4n) is 4.99. The molecule has 1 N–H and O–H groups in total. The maximum Gasteiger partial charge on any atom is 0.410 e. The number of rotatable bonds is 4. The molecule has 9 nitrogen and oxygen atoms in total. The highest BCUT2D eigenvalue weighted by Gasteiger charge is 2.42. The molecule has 3 unspecified atom stereocenters. The van der Waals surface area contributed by atoms with E-state index < -0.39 is 13.9 Å². The number of amidine groups is 1. The summed E-state index contributed by atoms with van der Waals surface area (Å²) >= 11 is 0. The van der Waals surface area contributed by atoms with E-state index in [1.165, 1.54) is 0 Å². The van der Waals surface area contributed by atoms with Gasteiger partial charge < -0.3 is 24.1 Å². The van der Waals surface area contributed by atoms with Crippen molar-refractivity contribution in [1.29, 1.82) is 0 Å². The topological polar surface area (TPSA) is 90.2 Å². The van der Waals surface area contributed by atoms with Crippen LogP contribution >= 0.6 is 0 Å². The van der Waals surface area contributed by atoms with E-state index >= 15 is 0 Å². The summed E-state index contributed by atoms with van der Waals surface area (Å²) in [6.45, 7) is 18.8. The third-order valence-corrected chi connectivity index (χ3v) is 12.4. The molecule has 1 aromatic carbocycles. The van der Waals surface area contributed by atoms with Gasteiger partial charge in [0.05, 0.1) is 17.6 Å². The van der Waals surface area contributed by atoms with Crippen molar-refractivity contribution in [2.75, 3.05) is 19.7 Å². The maximum atomic E-state index is 12.6. The molecule has 0 saturated carbocycles. The molecule has 3 aliphatic heterocycles. The second-order valence-corrected chi connectivity index (χ2v) is 18.1. The van der Waals surface area contributed by atoms with Gasteiger partial charge in [-0.1, -0.05) is 20.8 Å². The normalized spacial score (nSPS) is 24.3. The molecule has 3 atom stereocenters. The largest absolute Gasteiger partial charge is 0.543 e. The first-order chi connectivity index (χ1) is 17.7. The van der Waals surface area contributed by atoms with Gasteiger partial charge >= 0.3 is 6.09 Å². The Kier molecular flexibility index (Phi) is 6.78. The molecule has 0 aliphatic carbocycles. The summed E-state index contributed by atoms with van der Waals surface area (Å²) in [6.07, 6.45) is 2.77. The Balaban J connectivity index is 1.46. The zero-order chi connectivity index (χ0) is 27.5. The fourth-order valence-corrected chi connectivity index (χ4v) is 6.01. The SMILES string of the molecule is CC(C)(C)OC(=O)N1CC2N=C(c3nn(C4CCCCO4)c4ccc(O[Si](C)(C)C(C)(C)C)cc34)NC2C1.